The average molecular weight is 237 g/mol. The maximum absolute atomic E-state index is 10.8. The number of carbonyl (C=O) groups excluding carboxylic acids is 1. The predicted octanol–water partition coefficient (Wildman–Crippen LogP) is 2.15. The fourth-order valence-electron chi connectivity index (χ4n) is 1.79. The van der Waals surface area contributed by atoms with Crippen molar-refractivity contribution < 1.29 is 14.6 Å². The Hall–Kier alpha value is -1.55. The molecule has 1 aromatic carbocycles. The molecule has 0 aliphatic carbocycles. The molecule has 0 aromatic heterocycles. The molecule has 1 rings (SSSR count). The Morgan fingerprint density at radius 1 is 1.35 bits per heavy atom. The summed E-state index contributed by atoms with van der Waals surface area (Å²) in [6.07, 6.45) is -2.35. The number of benzene rings is 1. The third kappa shape index (κ3) is 3.46. The van der Waals surface area contributed by atoms with Crippen molar-refractivity contribution in [3.8, 4) is 0 Å². The van der Waals surface area contributed by atoms with Crippen LogP contribution in [0.2, 0.25) is 0 Å². The number of hydrogen-bond acceptors (Lipinski definition) is 3. The predicted molar refractivity (Wildman–Crippen MR) is 65.4 cm³/mol. The lowest BCUT2D eigenvalue weighted by atomic mass is 9.93. The highest BCUT2D eigenvalue weighted by atomic mass is 16.6. The number of nitrogens with two attached hydrogens (primary N) is 1. The van der Waals surface area contributed by atoms with Crippen LogP contribution in [0.25, 0.3) is 0 Å². The first-order chi connectivity index (χ1) is 7.93. The molecule has 1 amide bonds. The number of aliphatic hydroxyl groups is 1. The first-order valence-electron chi connectivity index (χ1n) is 5.63. The Balaban J connectivity index is 2.95. The normalized spacial score (nSPS) is 14.4. The van der Waals surface area contributed by atoms with Crippen LogP contribution in [0.1, 0.15) is 31.1 Å². The van der Waals surface area contributed by atoms with Crippen LogP contribution in [0.5, 0.6) is 0 Å². The minimum atomic E-state index is -0.865. The molecule has 0 saturated heterocycles. The molecule has 0 aliphatic rings. The van der Waals surface area contributed by atoms with Crippen molar-refractivity contribution in [3.05, 3.63) is 35.4 Å². The van der Waals surface area contributed by atoms with E-state index in [1.165, 1.54) is 0 Å². The number of hydrogen-bond donors (Lipinski definition) is 2. The van der Waals surface area contributed by atoms with Crippen LogP contribution in [0.15, 0.2) is 24.3 Å². The van der Waals surface area contributed by atoms with E-state index in [-0.39, 0.29) is 5.92 Å². The van der Waals surface area contributed by atoms with Crippen LogP contribution in [0, 0.1) is 12.8 Å². The zero-order valence-electron chi connectivity index (χ0n) is 10.4. The highest BCUT2D eigenvalue weighted by molar-refractivity contribution is 5.65. The van der Waals surface area contributed by atoms with Gasteiger partial charge in [0.15, 0.2) is 0 Å². The molecule has 3 N–H and O–H groups in total. The quantitative estimate of drug-likeness (QED) is 0.842. The molecule has 2 atom stereocenters. The third-order valence-corrected chi connectivity index (χ3v) is 2.73. The van der Waals surface area contributed by atoms with Crippen molar-refractivity contribution in [1.29, 1.82) is 0 Å². The Bertz CT molecular complexity index is 390. The lowest BCUT2D eigenvalue weighted by molar-refractivity contribution is -0.0199. The number of aryl methyl sites for hydroxylation is 1. The molecule has 94 valence electrons. The van der Waals surface area contributed by atoms with Crippen molar-refractivity contribution in [2.75, 3.05) is 0 Å². The molecule has 0 spiro atoms. The summed E-state index contributed by atoms with van der Waals surface area (Å²) < 4.78 is 4.97. The van der Waals surface area contributed by atoms with Crippen molar-refractivity contribution in [1.82, 2.24) is 0 Å². The zero-order chi connectivity index (χ0) is 13.0. The number of amides is 1. The SMILES string of the molecule is Cc1ccccc1C(O)C(OC(N)=O)C(C)C. The van der Waals surface area contributed by atoms with Gasteiger partial charge in [0.25, 0.3) is 0 Å². The Kier molecular flexibility index (Phi) is 4.52. The molecule has 17 heavy (non-hydrogen) atoms. The van der Waals surface area contributed by atoms with Crippen LogP contribution in [-0.2, 0) is 4.74 Å². The van der Waals surface area contributed by atoms with Crippen molar-refractivity contribution >= 4 is 6.09 Å². The standard InChI is InChI=1S/C13H19NO3/c1-8(2)12(17-13(14)16)11(15)10-7-5-4-6-9(10)3/h4-8,11-12,15H,1-3H3,(H2,14,16). The topological polar surface area (TPSA) is 72.6 Å². The van der Waals surface area contributed by atoms with Crippen LogP contribution in [0.3, 0.4) is 0 Å². The number of carbonyl (C=O) groups is 1. The molecule has 0 bridgehead atoms. The molecule has 2 unspecified atom stereocenters. The summed E-state index contributed by atoms with van der Waals surface area (Å²) in [6, 6.07) is 7.46. The van der Waals surface area contributed by atoms with E-state index in [1.807, 2.05) is 45.0 Å². The molecule has 4 nitrogen and oxygen atoms in total. The fraction of sp³-hybridized carbons (Fsp3) is 0.462. The van der Waals surface area contributed by atoms with Gasteiger partial charge in [-0.25, -0.2) is 4.79 Å². The van der Waals surface area contributed by atoms with Crippen LogP contribution < -0.4 is 5.73 Å². The molecule has 0 heterocycles. The van der Waals surface area contributed by atoms with Crippen molar-refractivity contribution in [2.24, 2.45) is 11.7 Å². The van der Waals surface area contributed by atoms with E-state index in [2.05, 4.69) is 0 Å². The highest BCUT2D eigenvalue weighted by Crippen LogP contribution is 2.26. The van der Waals surface area contributed by atoms with E-state index in [0.717, 1.165) is 11.1 Å². The summed E-state index contributed by atoms with van der Waals surface area (Å²) in [6.45, 7) is 5.64. The van der Waals surface area contributed by atoms with Crippen LogP contribution in [0.4, 0.5) is 4.79 Å². The van der Waals surface area contributed by atoms with E-state index in [4.69, 9.17) is 10.5 Å². The van der Waals surface area contributed by atoms with Crippen molar-refractivity contribution in [3.63, 3.8) is 0 Å². The van der Waals surface area contributed by atoms with Gasteiger partial charge in [-0.15, -0.1) is 0 Å². The number of rotatable bonds is 4. The molecule has 0 radical (unpaired) electrons. The Morgan fingerprint density at radius 2 is 1.94 bits per heavy atom. The zero-order valence-corrected chi connectivity index (χ0v) is 10.4. The third-order valence-electron chi connectivity index (χ3n) is 2.73. The van der Waals surface area contributed by atoms with Gasteiger partial charge in [-0.05, 0) is 24.0 Å². The van der Waals surface area contributed by atoms with Crippen LogP contribution in [-0.4, -0.2) is 17.3 Å². The van der Waals surface area contributed by atoms with E-state index >= 15 is 0 Å². The first-order valence-corrected chi connectivity index (χ1v) is 5.63. The Morgan fingerprint density at radius 3 is 2.41 bits per heavy atom. The van der Waals surface area contributed by atoms with Gasteiger partial charge in [0.1, 0.15) is 12.2 Å². The Labute approximate surface area is 101 Å². The van der Waals surface area contributed by atoms with Gasteiger partial charge < -0.3 is 15.6 Å². The molecular formula is C13H19NO3. The average Bonchev–Trinajstić information content (AvgIpc) is 2.25. The van der Waals surface area contributed by atoms with Gasteiger partial charge in [0.2, 0.25) is 0 Å². The van der Waals surface area contributed by atoms with Gasteiger partial charge in [-0.2, -0.15) is 0 Å². The second-order valence-electron chi connectivity index (χ2n) is 4.45. The summed E-state index contributed by atoms with van der Waals surface area (Å²) in [5.41, 5.74) is 6.73. The summed E-state index contributed by atoms with van der Waals surface area (Å²) in [5.74, 6) is -0.0166. The molecule has 0 aliphatic heterocycles. The number of ether oxygens (including phenoxy) is 1. The fourth-order valence-corrected chi connectivity index (χ4v) is 1.79. The minimum absolute atomic E-state index is 0.0166. The van der Waals surface area contributed by atoms with Gasteiger partial charge >= 0.3 is 6.09 Å². The van der Waals surface area contributed by atoms with E-state index < -0.39 is 18.3 Å². The number of primary amides is 1. The molecule has 0 fully saturated rings. The highest BCUT2D eigenvalue weighted by Gasteiger charge is 2.28. The minimum Gasteiger partial charge on any atom is -0.443 e. The second kappa shape index (κ2) is 5.68. The van der Waals surface area contributed by atoms with Gasteiger partial charge in [-0.1, -0.05) is 38.1 Å². The summed E-state index contributed by atoms with van der Waals surface area (Å²) in [4.78, 5) is 10.8. The maximum atomic E-state index is 10.8. The largest absolute Gasteiger partial charge is 0.443 e. The summed E-state index contributed by atoms with van der Waals surface area (Å²) >= 11 is 0. The summed E-state index contributed by atoms with van der Waals surface area (Å²) in [7, 11) is 0. The monoisotopic (exact) mass is 237 g/mol. The summed E-state index contributed by atoms with van der Waals surface area (Å²) in [5, 5.41) is 10.2. The molecule has 0 saturated carbocycles. The smallest absolute Gasteiger partial charge is 0.404 e. The first kappa shape index (κ1) is 13.5. The number of aliphatic hydroxyl groups excluding tert-OH is 1. The van der Waals surface area contributed by atoms with Gasteiger partial charge in [0.05, 0.1) is 0 Å². The van der Waals surface area contributed by atoms with E-state index in [1.54, 1.807) is 0 Å². The van der Waals surface area contributed by atoms with E-state index in [9.17, 15) is 9.90 Å². The maximum Gasteiger partial charge on any atom is 0.404 e. The van der Waals surface area contributed by atoms with Crippen LogP contribution >= 0.6 is 0 Å². The van der Waals surface area contributed by atoms with Gasteiger partial charge in [0, 0.05) is 0 Å². The second-order valence-corrected chi connectivity index (χ2v) is 4.45. The van der Waals surface area contributed by atoms with Gasteiger partial charge in [-0.3, -0.25) is 0 Å². The lowest BCUT2D eigenvalue weighted by Gasteiger charge is -2.26. The van der Waals surface area contributed by atoms with Crippen molar-refractivity contribution in [2.45, 2.75) is 33.0 Å². The van der Waals surface area contributed by atoms with E-state index in [0.29, 0.717) is 0 Å². The molecule has 4 heteroatoms. The molecule has 1 aromatic rings. The molecular weight excluding hydrogens is 218 g/mol. The lowest BCUT2D eigenvalue weighted by Crippen LogP contribution is -2.32.